The highest BCUT2D eigenvalue weighted by atomic mass is 16.5. The van der Waals surface area contributed by atoms with Gasteiger partial charge in [0, 0.05) is 18.4 Å². The second-order valence-corrected chi connectivity index (χ2v) is 9.01. The van der Waals surface area contributed by atoms with Crippen LogP contribution in [0.5, 0.6) is 5.75 Å². The lowest BCUT2D eigenvalue weighted by atomic mass is 10.1. The van der Waals surface area contributed by atoms with Crippen molar-refractivity contribution in [2.24, 2.45) is 0 Å². The van der Waals surface area contributed by atoms with Gasteiger partial charge in [0.25, 0.3) is 5.91 Å². The van der Waals surface area contributed by atoms with E-state index in [1.807, 2.05) is 42.5 Å². The third kappa shape index (κ3) is 5.55. The van der Waals surface area contributed by atoms with Gasteiger partial charge in [0.15, 0.2) is 0 Å². The lowest BCUT2D eigenvalue weighted by Gasteiger charge is -2.18. The molecule has 0 radical (unpaired) electrons. The molecule has 2 aromatic carbocycles. The smallest absolute Gasteiger partial charge is 0.266 e. The Bertz CT molecular complexity index is 1080. The Morgan fingerprint density at radius 2 is 1.74 bits per heavy atom. The highest BCUT2D eigenvalue weighted by Crippen LogP contribution is 2.44. The number of hydrogen-bond acceptors (Lipinski definition) is 6. The number of carbonyl (C=O) groups is 1. The van der Waals surface area contributed by atoms with E-state index in [2.05, 4.69) is 38.2 Å². The lowest BCUT2D eigenvalue weighted by molar-refractivity contribution is 0.0921. The standard InChI is InChI=1S/C27H31N5O2/c33-26(30-31-27(14-15-27)22-6-2-1-3-7-22)21-8-13-25(28-20-21)29-23-9-11-24(12-10-23)34-19-18-32-16-4-5-17-32/h1-3,6-13,20,31H,4-5,14-19H2,(H,28,29)(H,30,33). The summed E-state index contributed by atoms with van der Waals surface area (Å²) in [6.45, 7) is 4.06. The molecule has 0 spiro atoms. The molecule has 1 aromatic heterocycles. The first-order chi connectivity index (χ1) is 16.7. The van der Waals surface area contributed by atoms with Gasteiger partial charge in [-0.15, -0.1) is 0 Å². The highest BCUT2D eigenvalue weighted by Gasteiger charge is 2.44. The van der Waals surface area contributed by atoms with E-state index in [-0.39, 0.29) is 11.4 Å². The number of hydrogen-bond donors (Lipinski definition) is 3. The lowest BCUT2D eigenvalue weighted by Crippen LogP contribution is -2.44. The third-order valence-electron chi connectivity index (χ3n) is 6.52. The normalized spacial score (nSPS) is 16.7. The molecular formula is C27H31N5O2. The number of ether oxygens (including phenoxy) is 1. The van der Waals surface area contributed by atoms with Crippen molar-refractivity contribution in [1.29, 1.82) is 0 Å². The first-order valence-corrected chi connectivity index (χ1v) is 12.0. The molecule has 0 atom stereocenters. The van der Waals surface area contributed by atoms with Crippen molar-refractivity contribution in [3.05, 3.63) is 84.1 Å². The first-order valence-electron chi connectivity index (χ1n) is 12.0. The van der Waals surface area contributed by atoms with Gasteiger partial charge in [0.2, 0.25) is 0 Å². The highest BCUT2D eigenvalue weighted by molar-refractivity contribution is 5.93. The molecule has 0 unspecified atom stereocenters. The van der Waals surface area contributed by atoms with Crippen LogP contribution in [-0.4, -0.2) is 42.0 Å². The fourth-order valence-electron chi connectivity index (χ4n) is 4.30. The molecule has 7 nitrogen and oxygen atoms in total. The maximum absolute atomic E-state index is 12.6. The average molecular weight is 458 g/mol. The van der Waals surface area contributed by atoms with Gasteiger partial charge in [-0.05, 0) is 80.7 Å². The fraction of sp³-hybridized carbons (Fsp3) is 0.333. The Labute approximate surface area is 200 Å². The van der Waals surface area contributed by atoms with Crippen molar-refractivity contribution in [2.75, 3.05) is 31.6 Å². The zero-order chi connectivity index (χ0) is 23.2. The predicted molar refractivity (Wildman–Crippen MR) is 133 cm³/mol. The number of amides is 1. The predicted octanol–water partition coefficient (Wildman–Crippen LogP) is 4.22. The van der Waals surface area contributed by atoms with Crippen molar-refractivity contribution < 1.29 is 9.53 Å². The fourth-order valence-corrected chi connectivity index (χ4v) is 4.30. The van der Waals surface area contributed by atoms with Crippen molar-refractivity contribution in [3.63, 3.8) is 0 Å². The second-order valence-electron chi connectivity index (χ2n) is 9.01. The number of benzene rings is 2. The Kier molecular flexibility index (Phi) is 6.74. The number of carbonyl (C=O) groups excluding carboxylic acids is 1. The van der Waals surface area contributed by atoms with Crippen molar-refractivity contribution in [2.45, 2.75) is 31.2 Å². The number of anilines is 2. The molecule has 0 bridgehead atoms. The van der Waals surface area contributed by atoms with Crippen LogP contribution in [0.1, 0.15) is 41.6 Å². The molecule has 2 aliphatic rings. The number of likely N-dealkylation sites (tertiary alicyclic amines) is 1. The third-order valence-corrected chi connectivity index (χ3v) is 6.52. The van der Waals surface area contributed by atoms with Crippen LogP contribution >= 0.6 is 0 Å². The molecule has 1 aliphatic heterocycles. The minimum atomic E-state index is -0.198. The van der Waals surface area contributed by atoms with E-state index in [1.165, 1.54) is 31.5 Å². The Morgan fingerprint density at radius 1 is 0.971 bits per heavy atom. The zero-order valence-corrected chi connectivity index (χ0v) is 19.3. The minimum absolute atomic E-state index is 0.157. The van der Waals surface area contributed by atoms with Gasteiger partial charge >= 0.3 is 0 Å². The van der Waals surface area contributed by atoms with Gasteiger partial charge < -0.3 is 10.1 Å². The number of nitrogens with zero attached hydrogens (tertiary/aromatic N) is 2. The minimum Gasteiger partial charge on any atom is -0.492 e. The van der Waals surface area contributed by atoms with Crippen molar-refractivity contribution in [1.82, 2.24) is 20.7 Å². The number of rotatable bonds is 10. The molecule has 176 valence electrons. The summed E-state index contributed by atoms with van der Waals surface area (Å²) in [7, 11) is 0. The van der Waals surface area contributed by atoms with Gasteiger partial charge in [0.05, 0.1) is 11.1 Å². The summed E-state index contributed by atoms with van der Waals surface area (Å²) >= 11 is 0. The zero-order valence-electron chi connectivity index (χ0n) is 19.3. The number of pyridine rings is 1. The molecule has 1 saturated heterocycles. The molecule has 3 N–H and O–H groups in total. The van der Waals surface area contributed by atoms with Gasteiger partial charge in [-0.3, -0.25) is 15.1 Å². The molecule has 1 saturated carbocycles. The van der Waals surface area contributed by atoms with Gasteiger partial charge in [0.1, 0.15) is 18.2 Å². The summed E-state index contributed by atoms with van der Waals surface area (Å²) in [5.41, 5.74) is 8.51. The molecule has 3 aromatic rings. The maximum atomic E-state index is 12.6. The van der Waals surface area contributed by atoms with E-state index in [1.54, 1.807) is 18.3 Å². The molecule has 2 heterocycles. The van der Waals surface area contributed by atoms with Crippen LogP contribution in [0.15, 0.2) is 72.9 Å². The van der Waals surface area contributed by atoms with E-state index in [9.17, 15) is 4.79 Å². The number of aromatic nitrogens is 1. The monoisotopic (exact) mass is 457 g/mol. The van der Waals surface area contributed by atoms with Crippen molar-refractivity contribution in [3.8, 4) is 5.75 Å². The Hall–Kier alpha value is -3.42. The quantitative estimate of drug-likeness (QED) is 0.396. The van der Waals surface area contributed by atoms with Crippen LogP contribution < -0.4 is 20.9 Å². The molecular weight excluding hydrogens is 426 g/mol. The van der Waals surface area contributed by atoms with Crippen LogP contribution in [0.4, 0.5) is 11.5 Å². The second kappa shape index (κ2) is 10.2. The molecule has 7 heteroatoms. The average Bonchev–Trinajstić information content (AvgIpc) is 3.50. The van der Waals surface area contributed by atoms with Crippen LogP contribution in [0.2, 0.25) is 0 Å². The summed E-state index contributed by atoms with van der Waals surface area (Å²) in [4.78, 5) is 19.4. The largest absolute Gasteiger partial charge is 0.492 e. The van der Waals surface area contributed by atoms with E-state index in [0.717, 1.165) is 30.8 Å². The molecule has 1 amide bonds. The Morgan fingerprint density at radius 3 is 2.41 bits per heavy atom. The van der Waals surface area contributed by atoms with Crippen LogP contribution in [0.25, 0.3) is 0 Å². The van der Waals surface area contributed by atoms with Crippen LogP contribution in [0.3, 0.4) is 0 Å². The van der Waals surface area contributed by atoms with Crippen LogP contribution in [-0.2, 0) is 5.54 Å². The van der Waals surface area contributed by atoms with Gasteiger partial charge in [-0.1, -0.05) is 30.3 Å². The van der Waals surface area contributed by atoms with E-state index >= 15 is 0 Å². The van der Waals surface area contributed by atoms with Crippen LogP contribution in [0, 0.1) is 0 Å². The summed E-state index contributed by atoms with van der Waals surface area (Å²) in [5.74, 6) is 1.34. The van der Waals surface area contributed by atoms with E-state index in [0.29, 0.717) is 18.0 Å². The molecule has 5 rings (SSSR count). The molecule has 34 heavy (non-hydrogen) atoms. The maximum Gasteiger partial charge on any atom is 0.266 e. The summed E-state index contributed by atoms with van der Waals surface area (Å²) in [5, 5.41) is 3.26. The SMILES string of the molecule is O=C(NNC1(c2ccccc2)CC1)c1ccc(Nc2ccc(OCCN3CCCC3)cc2)nc1. The van der Waals surface area contributed by atoms with E-state index < -0.39 is 0 Å². The van der Waals surface area contributed by atoms with Gasteiger partial charge in [-0.2, -0.15) is 0 Å². The molecule has 1 aliphatic carbocycles. The number of hydrazine groups is 1. The topological polar surface area (TPSA) is 78.5 Å². The molecule has 2 fully saturated rings. The van der Waals surface area contributed by atoms with Gasteiger partial charge in [-0.25, -0.2) is 10.4 Å². The number of nitrogens with one attached hydrogen (secondary N) is 3. The summed E-state index contributed by atoms with van der Waals surface area (Å²) in [6, 6.07) is 21.6. The summed E-state index contributed by atoms with van der Waals surface area (Å²) in [6.07, 6.45) is 6.18. The Balaban J connectivity index is 1.09. The summed E-state index contributed by atoms with van der Waals surface area (Å²) < 4.78 is 5.86. The van der Waals surface area contributed by atoms with E-state index in [4.69, 9.17) is 4.74 Å². The van der Waals surface area contributed by atoms with Crippen molar-refractivity contribution >= 4 is 17.4 Å². The first kappa shape index (κ1) is 22.4.